The Morgan fingerprint density at radius 3 is 1.70 bits per heavy atom. The van der Waals surface area contributed by atoms with E-state index in [1.807, 2.05) is 18.2 Å². The number of ether oxygens (including phenoxy) is 2. The van der Waals surface area contributed by atoms with Gasteiger partial charge in [-0.1, -0.05) is 68.4 Å². The van der Waals surface area contributed by atoms with Gasteiger partial charge in [-0.05, 0) is 11.1 Å². The number of benzene rings is 2. The van der Waals surface area contributed by atoms with Gasteiger partial charge in [-0.15, -0.1) is 0 Å². The first kappa shape index (κ1) is 14.8. The van der Waals surface area contributed by atoms with Crippen LogP contribution >= 0.6 is 0 Å². The van der Waals surface area contributed by atoms with Crippen molar-refractivity contribution in [2.24, 2.45) is 5.92 Å². The van der Waals surface area contributed by atoms with Gasteiger partial charge in [-0.2, -0.15) is 0 Å². The van der Waals surface area contributed by atoms with E-state index >= 15 is 0 Å². The highest BCUT2D eigenvalue weighted by atomic mass is 16.7. The molecule has 0 bridgehead atoms. The summed E-state index contributed by atoms with van der Waals surface area (Å²) in [6.07, 6.45) is 0. The van der Waals surface area contributed by atoms with E-state index in [1.54, 1.807) is 14.2 Å². The molecule has 0 spiro atoms. The molecule has 0 unspecified atom stereocenters. The molecule has 2 nitrogen and oxygen atoms in total. The first-order valence-electron chi connectivity index (χ1n) is 6.90. The van der Waals surface area contributed by atoms with E-state index in [2.05, 4.69) is 50.2 Å². The molecule has 0 saturated carbocycles. The lowest BCUT2D eigenvalue weighted by molar-refractivity contribution is -0.243. The molecule has 2 aromatic rings. The first-order valence-corrected chi connectivity index (χ1v) is 6.90. The predicted molar refractivity (Wildman–Crippen MR) is 82.4 cm³/mol. The molecular formula is C18H22O2. The highest BCUT2D eigenvalue weighted by Crippen LogP contribution is 2.35. The summed E-state index contributed by atoms with van der Waals surface area (Å²) in [6.45, 7) is 4.19. The molecule has 106 valence electrons. The second-order valence-corrected chi connectivity index (χ2v) is 5.17. The summed E-state index contributed by atoms with van der Waals surface area (Å²) >= 11 is 0. The quantitative estimate of drug-likeness (QED) is 0.747. The molecule has 0 aliphatic rings. The highest BCUT2D eigenvalue weighted by molar-refractivity contribution is 5.63. The summed E-state index contributed by atoms with van der Waals surface area (Å²) in [7, 11) is 3.38. The Labute approximate surface area is 121 Å². The standard InChI is InChI=1S/C18H22O2/c1-14(2)18(19-3,20-4)17-12-10-16(11-13-17)15-8-6-5-7-9-15/h5-14H,1-4H3. The van der Waals surface area contributed by atoms with Gasteiger partial charge in [0.05, 0.1) is 0 Å². The van der Waals surface area contributed by atoms with E-state index in [-0.39, 0.29) is 5.92 Å². The smallest absolute Gasteiger partial charge is 0.196 e. The van der Waals surface area contributed by atoms with Crippen LogP contribution in [0.25, 0.3) is 11.1 Å². The van der Waals surface area contributed by atoms with Crippen LogP contribution in [0.4, 0.5) is 0 Å². The SMILES string of the molecule is COC(OC)(c1ccc(-c2ccccc2)cc1)C(C)C. The third kappa shape index (κ3) is 2.62. The lowest BCUT2D eigenvalue weighted by Crippen LogP contribution is -2.36. The Morgan fingerprint density at radius 2 is 1.25 bits per heavy atom. The van der Waals surface area contributed by atoms with E-state index in [9.17, 15) is 0 Å². The van der Waals surface area contributed by atoms with Gasteiger partial charge in [0.15, 0.2) is 5.79 Å². The van der Waals surface area contributed by atoms with Crippen LogP contribution < -0.4 is 0 Å². The van der Waals surface area contributed by atoms with Gasteiger partial charge in [0, 0.05) is 25.7 Å². The number of hydrogen-bond acceptors (Lipinski definition) is 2. The Bertz CT molecular complexity index is 525. The molecule has 0 N–H and O–H groups in total. The molecule has 0 heterocycles. The fourth-order valence-electron chi connectivity index (χ4n) is 2.65. The summed E-state index contributed by atoms with van der Waals surface area (Å²) in [5, 5.41) is 0. The second kappa shape index (κ2) is 6.21. The summed E-state index contributed by atoms with van der Waals surface area (Å²) in [4.78, 5) is 0. The minimum atomic E-state index is -0.685. The van der Waals surface area contributed by atoms with Crippen molar-refractivity contribution in [2.75, 3.05) is 14.2 Å². The molecule has 0 aliphatic carbocycles. The van der Waals surface area contributed by atoms with Gasteiger partial charge in [0.2, 0.25) is 0 Å². The third-order valence-electron chi connectivity index (χ3n) is 3.76. The molecule has 0 fully saturated rings. The van der Waals surface area contributed by atoms with Crippen molar-refractivity contribution >= 4 is 0 Å². The summed E-state index contributed by atoms with van der Waals surface area (Å²) in [5.41, 5.74) is 3.44. The fourth-order valence-corrected chi connectivity index (χ4v) is 2.65. The molecule has 0 atom stereocenters. The minimum Gasteiger partial charge on any atom is -0.349 e. The van der Waals surface area contributed by atoms with Crippen LogP contribution in [0.5, 0.6) is 0 Å². The molecule has 2 heteroatoms. The lowest BCUT2D eigenvalue weighted by Gasteiger charge is -2.35. The number of rotatable bonds is 5. The summed E-state index contributed by atoms with van der Waals surface area (Å²) in [5.74, 6) is -0.463. The van der Waals surface area contributed by atoms with Crippen molar-refractivity contribution in [3.8, 4) is 11.1 Å². The largest absolute Gasteiger partial charge is 0.349 e. The van der Waals surface area contributed by atoms with E-state index < -0.39 is 5.79 Å². The van der Waals surface area contributed by atoms with Crippen LogP contribution in [0.1, 0.15) is 19.4 Å². The molecule has 0 aliphatic heterocycles. The van der Waals surface area contributed by atoms with Crippen LogP contribution in [-0.4, -0.2) is 14.2 Å². The maximum atomic E-state index is 5.66. The number of hydrogen-bond donors (Lipinski definition) is 0. The van der Waals surface area contributed by atoms with E-state index in [4.69, 9.17) is 9.47 Å². The average molecular weight is 270 g/mol. The molecule has 0 saturated heterocycles. The van der Waals surface area contributed by atoms with Gasteiger partial charge in [-0.3, -0.25) is 0 Å². The maximum Gasteiger partial charge on any atom is 0.196 e. The molecule has 2 aromatic carbocycles. The van der Waals surface area contributed by atoms with Crippen LogP contribution in [0.2, 0.25) is 0 Å². The van der Waals surface area contributed by atoms with Crippen molar-refractivity contribution in [3.63, 3.8) is 0 Å². The third-order valence-corrected chi connectivity index (χ3v) is 3.76. The first-order chi connectivity index (χ1) is 9.64. The Kier molecular flexibility index (Phi) is 4.58. The topological polar surface area (TPSA) is 18.5 Å². The van der Waals surface area contributed by atoms with Crippen molar-refractivity contribution < 1.29 is 9.47 Å². The van der Waals surface area contributed by atoms with E-state index in [0.29, 0.717) is 0 Å². The van der Waals surface area contributed by atoms with Crippen LogP contribution in [-0.2, 0) is 15.3 Å². The molecule has 20 heavy (non-hydrogen) atoms. The second-order valence-electron chi connectivity index (χ2n) is 5.17. The lowest BCUT2D eigenvalue weighted by atomic mass is 9.92. The summed E-state index contributed by atoms with van der Waals surface area (Å²) < 4.78 is 11.3. The number of methoxy groups -OCH3 is 2. The molecular weight excluding hydrogens is 248 g/mol. The fraction of sp³-hybridized carbons (Fsp3) is 0.333. The molecule has 0 radical (unpaired) electrons. The van der Waals surface area contributed by atoms with Gasteiger partial charge >= 0.3 is 0 Å². The van der Waals surface area contributed by atoms with Crippen LogP contribution in [0.15, 0.2) is 54.6 Å². The highest BCUT2D eigenvalue weighted by Gasteiger charge is 2.35. The van der Waals surface area contributed by atoms with Crippen molar-refractivity contribution in [1.29, 1.82) is 0 Å². The Hall–Kier alpha value is -1.64. The summed E-state index contributed by atoms with van der Waals surface area (Å²) in [6, 6.07) is 18.7. The van der Waals surface area contributed by atoms with Crippen molar-refractivity contribution in [2.45, 2.75) is 19.6 Å². The zero-order chi connectivity index (χ0) is 14.6. The zero-order valence-electron chi connectivity index (χ0n) is 12.6. The van der Waals surface area contributed by atoms with Gasteiger partial charge in [-0.25, -0.2) is 0 Å². The average Bonchev–Trinajstić information content (AvgIpc) is 2.50. The van der Waals surface area contributed by atoms with E-state index in [1.165, 1.54) is 11.1 Å². The Morgan fingerprint density at radius 1 is 0.750 bits per heavy atom. The van der Waals surface area contributed by atoms with Crippen LogP contribution in [0, 0.1) is 5.92 Å². The van der Waals surface area contributed by atoms with Gasteiger partial charge < -0.3 is 9.47 Å². The van der Waals surface area contributed by atoms with Gasteiger partial charge in [0.25, 0.3) is 0 Å². The monoisotopic (exact) mass is 270 g/mol. The molecule has 0 amide bonds. The Balaban J connectivity index is 2.37. The molecule has 2 rings (SSSR count). The van der Waals surface area contributed by atoms with E-state index in [0.717, 1.165) is 5.56 Å². The minimum absolute atomic E-state index is 0.222. The maximum absolute atomic E-state index is 5.66. The van der Waals surface area contributed by atoms with Crippen LogP contribution in [0.3, 0.4) is 0 Å². The predicted octanol–water partition coefficient (Wildman–Crippen LogP) is 4.46. The molecule has 0 aromatic heterocycles. The normalized spacial score (nSPS) is 11.8. The zero-order valence-corrected chi connectivity index (χ0v) is 12.6. The van der Waals surface area contributed by atoms with Crippen molar-refractivity contribution in [3.05, 3.63) is 60.2 Å². The van der Waals surface area contributed by atoms with Gasteiger partial charge in [0.1, 0.15) is 0 Å². The van der Waals surface area contributed by atoms with Crippen molar-refractivity contribution in [1.82, 2.24) is 0 Å².